The average molecular weight is 224 g/mol. The summed E-state index contributed by atoms with van der Waals surface area (Å²) in [7, 11) is 1.80. The molecule has 0 saturated heterocycles. The molecule has 2 rings (SSSR count). The summed E-state index contributed by atoms with van der Waals surface area (Å²) in [6.45, 7) is 0.101. The molecule has 0 radical (unpaired) electrons. The van der Waals surface area contributed by atoms with Gasteiger partial charge in [-0.1, -0.05) is 6.07 Å². The van der Waals surface area contributed by atoms with E-state index in [1.807, 2.05) is 0 Å². The minimum absolute atomic E-state index is 0.101. The lowest BCUT2D eigenvalue weighted by Gasteiger charge is -2.07. The zero-order valence-electron chi connectivity index (χ0n) is 8.65. The highest BCUT2D eigenvalue weighted by molar-refractivity contribution is 5.25. The molecule has 3 nitrogen and oxygen atoms in total. The van der Waals surface area contributed by atoms with E-state index in [0.29, 0.717) is 5.82 Å². The second-order valence-corrected chi connectivity index (χ2v) is 3.30. The topological polar surface area (TPSA) is 27.1 Å². The molecular formula is C11H10F2N2O. The van der Waals surface area contributed by atoms with Crippen LogP contribution in [0.25, 0.3) is 0 Å². The van der Waals surface area contributed by atoms with Crippen molar-refractivity contribution in [3.63, 3.8) is 0 Å². The van der Waals surface area contributed by atoms with E-state index in [0.717, 1.165) is 6.07 Å². The standard InChI is InChI=1S/C11H10F2N2O/c1-15-6-5-14-10(15)7-16-9-4-2-3-8(12)11(9)13/h2-6H,7H2,1H3. The summed E-state index contributed by atoms with van der Waals surface area (Å²) in [5.74, 6) is -1.36. The van der Waals surface area contributed by atoms with Crippen LogP contribution >= 0.6 is 0 Å². The third-order valence-electron chi connectivity index (χ3n) is 2.19. The second-order valence-electron chi connectivity index (χ2n) is 3.30. The molecule has 0 unspecified atom stereocenters. The number of aromatic nitrogens is 2. The smallest absolute Gasteiger partial charge is 0.200 e. The van der Waals surface area contributed by atoms with Gasteiger partial charge < -0.3 is 9.30 Å². The van der Waals surface area contributed by atoms with E-state index in [-0.39, 0.29) is 12.4 Å². The lowest BCUT2D eigenvalue weighted by atomic mass is 10.3. The summed E-state index contributed by atoms with van der Waals surface area (Å²) < 4.78 is 32.9. The van der Waals surface area contributed by atoms with Crippen molar-refractivity contribution in [2.24, 2.45) is 7.05 Å². The summed E-state index contributed by atoms with van der Waals surface area (Å²) in [6, 6.07) is 3.82. The molecule has 0 spiro atoms. The molecule has 1 aromatic carbocycles. The second kappa shape index (κ2) is 4.30. The van der Waals surface area contributed by atoms with Crippen LogP contribution in [0, 0.1) is 11.6 Å². The van der Waals surface area contributed by atoms with E-state index in [4.69, 9.17) is 4.74 Å². The zero-order chi connectivity index (χ0) is 11.5. The Balaban J connectivity index is 2.11. The zero-order valence-corrected chi connectivity index (χ0v) is 8.65. The molecule has 0 amide bonds. The fourth-order valence-corrected chi connectivity index (χ4v) is 1.27. The van der Waals surface area contributed by atoms with Crippen LogP contribution in [-0.4, -0.2) is 9.55 Å². The van der Waals surface area contributed by atoms with Crippen molar-refractivity contribution in [3.05, 3.63) is 48.1 Å². The number of aryl methyl sites for hydroxylation is 1. The summed E-state index contributed by atoms with van der Waals surface area (Å²) in [5.41, 5.74) is 0. The first-order valence-electron chi connectivity index (χ1n) is 4.71. The Labute approximate surface area is 91.3 Å². The van der Waals surface area contributed by atoms with Gasteiger partial charge in [0.25, 0.3) is 0 Å². The van der Waals surface area contributed by atoms with Crippen LogP contribution in [0.2, 0.25) is 0 Å². The molecule has 2 aromatic rings. The molecule has 1 heterocycles. The maximum Gasteiger partial charge on any atom is 0.200 e. The first-order chi connectivity index (χ1) is 7.68. The fourth-order valence-electron chi connectivity index (χ4n) is 1.27. The number of hydrogen-bond acceptors (Lipinski definition) is 2. The number of halogens is 2. The summed E-state index contributed by atoms with van der Waals surface area (Å²) in [5, 5.41) is 0. The predicted molar refractivity (Wildman–Crippen MR) is 53.9 cm³/mol. The number of imidazole rings is 1. The summed E-state index contributed by atoms with van der Waals surface area (Å²) in [6.07, 6.45) is 3.36. The molecule has 0 saturated carbocycles. The third kappa shape index (κ3) is 2.03. The van der Waals surface area contributed by atoms with Crippen LogP contribution in [0.1, 0.15) is 5.82 Å². The third-order valence-corrected chi connectivity index (χ3v) is 2.19. The lowest BCUT2D eigenvalue weighted by molar-refractivity contribution is 0.272. The SMILES string of the molecule is Cn1ccnc1COc1cccc(F)c1F. The number of ether oxygens (including phenoxy) is 1. The highest BCUT2D eigenvalue weighted by Gasteiger charge is 2.09. The minimum atomic E-state index is -0.975. The molecule has 84 valence electrons. The van der Waals surface area contributed by atoms with Crippen LogP contribution in [0.15, 0.2) is 30.6 Å². The Morgan fingerprint density at radius 3 is 2.88 bits per heavy atom. The highest BCUT2D eigenvalue weighted by Crippen LogP contribution is 2.19. The van der Waals surface area contributed by atoms with Gasteiger partial charge >= 0.3 is 0 Å². The largest absolute Gasteiger partial charge is 0.482 e. The Hall–Kier alpha value is -1.91. The van der Waals surface area contributed by atoms with Gasteiger partial charge in [-0.25, -0.2) is 9.37 Å². The Bertz CT molecular complexity index is 496. The van der Waals surface area contributed by atoms with Gasteiger partial charge in [-0.05, 0) is 12.1 Å². The molecular weight excluding hydrogens is 214 g/mol. The molecule has 0 atom stereocenters. The molecule has 0 aliphatic heterocycles. The quantitative estimate of drug-likeness (QED) is 0.799. The lowest BCUT2D eigenvalue weighted by Crippen LogP contribution is -2.04. The molecule has 0 bridgehead atoms. The first-order valence-corrected chi connectivity index (χ1v) is 4.71. The van der Waals surface area contributed by atoms with E-state index < -0.39 is 11.6 Å². The number of benzene rings is 1. The van der Waals surface area contributed by atoms with Gasteiger partial charge in [0.15, 0.2) is 11.6 Å². The van der Waals surface area contributed by atoms with Gasteiger partial charge in [-0.3, -0.25) is 0 Å². The normalized spacial score (nSPS) is 10.4. The molecule has 0 aliphatic carbocycles. The monoisotopic (exact) mass is 224 g/mol. The van der Waals surface area contributed by atoms with Crippen molar-refractivity contribution >= 4 is 0 Å². The van der Waals surface area contributed by atoms with Crippen LogP contribution in [0.4, 0.5) is 8.78 Å². The van der Waals surface area contributed by atoms with Crippen LogP contribution in [0.3, 0.4) is 0 Å². The van der Waals surface area contributed by atoms with Crippen molar-refractivity contribution in [2.75, 3.05) is 0 Å². The van der Waals surface area contributed by atoms with Gasteiger partial charge in [0.05, 0.1) is 0 Å². The van der Waals surface area contributed by atoms with Crippen LogP contribution < -0.4 is 4.74 Å². The molecule has 16 heavy (non-hydrogen) atoms. The highest BCUT2D eigenvalue weighted by atomic mass is 19.2. The first kappa shape index (κ1) is 10.6. The van der Waals surface area contributed by atoms with Gasteiger partial charge in [-0.15, -0.1) is 0 Å². The van der Waals surface area contributed by atoms with Crippen molar-refractivity contribution in [1.82, 2.24) is 9.55 Å². The van der Waals surface area contributed by atoms with Gasteiger partial charge in [0.1, 0.15) is 12.4 Å². The predicted octanol–water partition coefficient (Wildman–Crippen LogP) is 2.28. The van der Waals surface area contributed by atoms with E-state index >= 15 is 0 Å². The summed E-state index contributed by atoms with van der Waals surface area (Å²) >= 11 is 0. The van der Waals surface area contributed by atoms with Crippen molar-refractivity contribution in [2.45, 2.75) is 6.61 Å². The van der Waals surface area contributed by atoms with Crippen LogP contribution in [-0.2, 0) is 13.7 Å². The molecule has 0 fully saturated rings. The number of hydrogen-bond donors (Lipinski definition) is 0. The van der Waals surface area contributed by atoms with Gasteiger partial charge in [0, 0.05) is 19.4 Å². The molecule has 0 aliphatic rings. The maximum atomic E-state index is 13.2. The Kier molecular flexibility index (Phi) is 2.85. The van der Waals surface area contributed by atoms with Crippen molar-refractivity contribution in [3.8, 4) is 5.75 Å². The van der Waals surface area contributed by atoms with E-state index in [9.17, 15) is 8.78 Å². The van der Waals surface area contributed by atoms with Gasteiger partial charge in [0.2, 0.25) is 5.82 Å². The Morgan fingerprint density at radius 2 is 2.19 bits per heavy atom. The Morgan fingerprint density at radius 1 is 1.38 bits per heavy atom. The number of rotatable bonds is 3. The molecule has 5 heteroatoms. The van der Waals surface area contributed by atoms with E-state index in [1.165, 1.54) is 12.1 Å². The number of nitrogens with zero attached hydrogens (tertiary/aromatic N) is 2. The fraction of sp³-hybridized carbons (Fsp3) is 0.182. The maximum absolute atomic E-state index is 13.2. The molecule has 1 aromatic heterocycles. The van der Waals surface area contributed by atoms with Crippen molar-refractivity contribution < 1.29 is 13.5 Å². The van der Waals surface area contributed by atoms with Gasteiger partial charge in [-0.2, -0.15) is 4.39 Å². The van der Waals surface area contributed by atoms with E-state index in [1.54, 1.807) is 24.0 Å². The summed E-state index contributed by atoms with van der Waals surface area (Å²) in [4.78, 5) is 4.00. The minimum Gasteiger partial charge on any atom is -0.482 e. The van der Waals surface area contributed by atoms with E-state index in [2.05, 4.69) is 4.98 Å². The van der Waals surface area contributed by atoms with Crippen molar-refractivity contribution in [1.29, 1.82) is 0 Å². The molecule has 0 N–H and O–H groups in total. The average Bonchev–Trinajstić information content (AvgIpc) is 2.67. The van der Waals surface area contributed by atoms with Crippen LogP contribution in [0.5, 0.6) is 5.75 Å².